The first kappa shape index (κ1) is 42.0. The summed E-state index contributed by atoms with van der Waals surface area (Å²) in [6.45, 7) is 28.3. The fourth-order valence-corrected chi connectivity index (χ4v) is 13.5. The molecule has 0 fully saturated rings. The zero-order valence-electron chi connectivity index (χ0n) is 29.6. The molecule has 3 aromatic rings. The number of rotatable bonds is 7. The predicted octanol–water partition coefficient (Wildman–Crippen LogP) is -0.168. The van der Waals surface area contributed by atoms with E-state index >= 15 is 0 Å². The molecule has 1 aliphatic rings. The molecule has 4 rings (SSSR count). The molecule has 0 saturated heterocycles. The molecule has 0 heterocycles. The summed E-state index contributed by atoms with van der Waals surface area (Å²) >= 11 is 2.38. The molecule has 0 amide bonds. The molecular formula is C40H53Cl3SiTi. The van der Waals surface area contributed by atoms with Gasteiger partial charge >= 0.3 is 272 Å². The summed E-state index contributed by atoms with van der Waals surface area (Å²) in [7, 11) is -2.73. The molecular weight excluding hydrogens is 663 g/mol. The van der Waals surface area contributed by atoms with Crippen LogP contribution in [0.15, 0.2) is 75.3 Å². The molecule has 45 heavy (non-hydrogen) atoms. The van der Waals surface area contributed by atoms with E-state index in [0.717, 1.165) is 19.3 Å². The number of hydrogen-bond acceptors (Lipinski definition) is 0. The van der Waals surface area contributed by atoms with Crippen molar-refractivity contribution in [1.29, 1.82) is 0 Å². The van der Waals surface area contributed by atoms with Crippen molar-refractivity contribution < 1.29 is 57.7 Å². The van der Waals surface area contributed by atoms with Crippen molar-refractivity contribution in [2.45, 2.75) is 113 Å². The molecule has 242 valence electrons. The molecule has 0 spiro atoms. The minimum absolute atomic E-state index is 0. The first-order chi connectivity index (χ1) is 19.5. The van der Waals surface area contributed by atoms with Gasteiger partial charge in [-0.2, -0.15) is 0 Å². The van der Waals surface area contributed by atoms with Crippen molar-refractivity contribution in [2.75, 3.05) is 0 Å². The summed E-state index contributed by atoms with van der Waals surface area (Å²) in [4.78, 5) is 0. The minimum atomic E-state index is -2.73. The normalized spacial score (nSPS) is 14.8. The van der Waals surface area contributed by atoms with Crippen LogP contribution in [0.5, 0.6) is 0 Å². The summed E-state index contributed by atoms with van der Waals surface area (Å²) < 4.78 is 1.55. The minimum Gasteiger partial charge on any atom is -1.00 e. The van der Waals surface area contributed by atoms with Crippen LogP contribution in [0, 0.1) is 19.8 Å². The second kappa shape index (κ2) is 15.9. The first-order valence-corrected chi connectivity index (χ1v) is 18.8. The Morgan fingerprint density at radius 2 is 1.07 bits per heavy atom. The molecule has 0 bridgehead atoms. The smallest absolute Gasteiger partial charge is 1.00 e. The SMILES string of the molecule is CCc1cc(CC)cc([Si](C2=CC[C]([Ti+3])=C2C(C)C)(c2cc(C)cc(C)c2)c2cc(C(C)(C)C)cc(C(C)(C)C)c2)c1.[Cl-].[Cl-].[Cl-]. The Hall–Kier alpha value is -1.06. The Balaban J connectivity index is 0.00000337. The Morgan fingerprint density at radius 3 is 1.47 bits per heavy atom. The van der Waals surface area contributed by atoms with Crippen LogP contribution in [-0.4, -0.2) is 8.07 Å². The van der Waals surface area contributed by atoms with Crippen LogP contribution >= 0.6 is 0 Å². The molecule has 0 nitrogen and oxygen atoms in total. The monoisotopic (exact) mass is 714 g/mol. The van der Waals surface area contributed by atoms with Gasteiger partial charge in [0.25, 0.3) is 0 Å². The summed E-state index contributed by atoms with van der Waals surface area (Å²) in [6.07, 6.45) is 5.80. The van der Waals surface area contributed by atoms with Crippen LogP contribution in [0.2, 0.25) is 0 Å². The third-order valence-corrected chi connectivity index (χ3v) is 14.6. The molecule has 0 saturated carbocycles. The first-order valence-electron chi connectivity index (χ1n) is 16.1. The van der Waals surface area contributed by atoms with Gasteiger partial charge in [0, 0.05) is 0 Å². The maximum atomic E-state index is 2.64. The average molecular weight is 716 g/mol. The fourth-order valence-electron chi connectivity index (χ4n) is 6.86. The summed E-state index contributed by atoms with van der Waals surface area (Å²) in [6, 6.07) is 22.8. The van der Waals surface area contributed by atoms with Gasteiger partial charge in [0.05, 0.1) is 0 Å². The van der Waals surface area contributed by atoms with Crippen LogP contribution < -0.4 is 52.8 Å². The zero-order chi connectivity index (χ0) is 31.2. The number of allylic oxidation sites excluding steroid dienone is 4. The number of aryl methyl sites for hydroxylation is 4. The Bertz CT molecular complexity index is 1480. The quantitative estimate of drug-likeness (QED) is 0.236. The zero-order valence-corrected chi connectivity index (χ0v) is 34.4. The van der Waals surface area contributed by atoms with E-state index < -0.39 is 8.07 Å². The third-order valence-electron chi connectivity index (χ3n) is 9.16. The number of hydrogen-bond donors (Lipinski definition) is 0. The van der Waals surface area contributed by atoms with Crippen LogP contribution in [0.1, 0.15) is 109 Å². The maximum absolute atomic E-state index is 2.73. The average Bonchev–Trinajstić information content (AvgIpc) is 3.29. The van der Waals surface area contributed by atoms with Gasteiger partial charge in [-0.25, -0.2) is 0 Å². The third kappa shape index (κ3) is 8.51. The molecule has 0 aromatic heterocycles. The Kier molecular flexibility index (Phi) is 14.8. The van der Waals surface area contributed by atoms with Gasteiger partial charge in [-0.3, -0.25) is 0 Å². The molecule has 1 atom stereocenters. The molecule has 1 unspecified atom stereocenters. The Morgan fingerprint density at radius 1 is 0.644 bits per heavy atom. The predicted molar refractivity (Wildman–Crippen MR) is 184 cm³/mol. The Labute approximate surface area is 307 Å². The van der Waals surface area contributed by atoms with Gasteiger partial charge in [0.1, 0.15) is 0 Å². The number of benzene rings is 3. The van der Waals surface area contributed by atoms with Gasteiger partial charge in [-0.1, -0.05) is 0 Å². The van der Waals surface area contributed by atoms with Crippen molar-refractivity contribution in [1.82, 2.24) is 0 Å². The molecule has 3 aromatic carbocycles. The van der Waals surface area contributed by atoms with E-state index in [1.165, 1.54) is 38.6 Å². The summed E-state index contributed by atoms with van der Waals surface area (Å²) in [5.74, 6) is 0.476. The topological polar surface area (TPSA) is 0 Å². The fraction of sp³-hybridized carbons (Fsp3) is 0.450. The van der Waals surface area contributed by atoms with Gasteiger partial charge in [0.2, 0.25) is 0 Å². The van der Waals surface area contributed by atoms with Crippen molar-refractivity contribution >= 4 is 23.6 Å². The maximum Gasteiger partial charge on any atom is -1.00 e. The van der Waals surface area contributed by atoms with E-state index in [1.54, 1.807) is 25.0 Å². The summed E-state index contributed by atoms with van der Waals surface area (Å²) in [5, 5.41) is 6.24. The van der Waals surface area contributed by atoms with E-state index in [1.807, 2.05) is 0 Å². The van der Waals surface area contributed by atoms with E-state index in [2.05, 4.69) is 164 Å². The van der Waals surface area contributed by atoms with Crippen LogP contribution in [0.3, 0.4) is 0 Å². The molecule has 5 heteroatoms. The molecule has 0 radical (unpaired) electrons. The van der Waals surface area contributed by atoms with Crippen molar-refractivity contribution in [3.8, 4) is 0 Å². The number of halogens is 3. The molecule has 0 aliphatic heterocycles. The van der Waals surface area contributed by atoms with Gasteiger partial charge < -0.3 is 37.2 Å². The van der Waals surface area contributed by atoms with Crippen molar-refractivity contribution in [3.05, 3.63) is 109 Å². The van der Waals surface area contributed by atoms with Crippen LogP contribution in [0.4, 0.5) is 0 Å². The van der Waals surface area contributed by atoms with Gasteiger partial charge in [0.15, 0.2) is 0 Å². The largest absolute Gasteiger partial charge is 1.00 e. The second-order valence-corrected chi connectivity index (χ2v) is 19.8. The van der Waals surface area contributed by atoms with Crippen molar-refractivity contribution in [3.63, 3.8) is 0 Å². The second-order valence-electron chi connectivity index (χ2n) is 15.0. The standard InChI is InChI=1S/C40H53Si.3ClH.Ti/c1-13-30-21-31(14-2)23-35(22-30)41(34-19-28(5)18-29(6)20-34,38-17-15-16-37(38)27(3)4)36-25-32(39(7,8)9)24-33(26-36)40(10,11)12;;;;/h17-27H,13-15H2,1-12H3;3*1H;/q;;;;+3/p-3. The van der Waals surface area contributed by atoms with Crippen LogP contribution in [-0.2, 0) is 44.1 Å². The van der Waals surface area contributed by atoms with Gasteiger partial charge in [-0.15, -0.1) is 0 Å². The van der Waals surface area contributed by atoms with Crippen LogP contribution in [0.25, 0.3) is 0 Å². The van der Waals surface area contributed by atoms with E-state index in [4.69, 9.17) is 0 Å². The van der Waals surface area contributed by atoms with E-state index in [9.17, 15) is 0 Å². The van der Waals surface area contributed by atoms with E-state index in [-0.39, 0.29) is 48.1 Å². The summed E-state index contributed by atoms with van der Waals surface area (Å²) in [5.41, 5.74) is 10.2. The molecule has 0 N–H and O–H groups in total. The van der Waals surface area contributed by atoms with Crippen molar-refractivity contribution in [2.24, 2.45) is 5.92 Å². The van der Waals surface area contributed by atoms with Gasteiger partial charge in [-0.05, 0) is 0 Å². The van der Waals surface area contributed by atoms with E-state index in [0.29, 0.717) is 5.92 Å². The molecule has 1 aliphatic carbocycles.